The molecule has 0 atom stereocenters. The number of nitrogens with one attached hydrogen (secondary N) is 2. The van der Waals surface area contributed by atoms with Gasteiger partial charge in [0.25, 0.3) is 5.91 Å². The number of fused-ring (bicyclic) bond motifs is 1. The summed E-state index contributed by atoms with van der Waals surface area (Å²) in [5, 5.41) is 23.4. The average Bonchev–Trinajstić information content (AvgIpc) is 3.29. The number of carbonyl (C=O) groups is 2. The first kappa shape index (κ1) is 15.6. The molecule has 0 bridgehead atoms. The molecular weight excluding hydrogens is 334 g/mol. The standard InChI is InChI=1S/C18H13N5O3/c24-17(16-13-6-1-2-7-14(13)20-21-16)19-11-4-3-5-12(10-11)23-9-8-15(22-23)18(25)26/h1-10H,(H,19,24)(H,20,21)(H,25,26). The minimum absolute atomic E-state index is 0.0533. The summed E-state index contributed by atoms with van der Waals surface area (Å²) in [5.74, 6) is -1.44. The summed E-state index contributed by atoms with van der Waals surface area (Å²) in [6.45, 7) is 0. The van der Waals surface area contributed by atoms with Gasteiger partial charge in [-0.1, -0.05) is 24.3 Å². The van der Waals surface area contributed by atoms with Crippen molar-refractivity contribution in [3.05, 3.63) is 72.2 Å². The highest BCUT2D eigenvalue weighted by atomic mass is 16.4. The van der Waals surface area contributed by atoms with E-state index in [0.717, 1.165) is 10.9 Å². The Morgan fingerprint density at radius 1 is 1.08 bits per heavy atom. The topological polar surface area (TPSA) is 113 Å². The molecule has 0 aliphatic carbocycles. The molecule has 4 rings (SSSR count). The number of benzene rings is 2. The number of rotatable bonds is 4. The molecule has 2 heterocycles. The second-order valence-corrected chi connectivity index (χ2v) is 5.57. The summed E-state index contributed by atoms with van der Waals surface area (Å²) in [4.78, 5) is 23.5. The van der Waals surface area contributed by atoms with Gasteiger partial charge in [-0.25, -0.2) is 9.48 Å². The second-order valence-electron chi connectivity index (χ2n) is 5.57. The first-order valence-electron chi connectivity index (χ1n) is 7.76. The molecule has 8 nitrogen and oxygen atoms in total. The van der Waals surface area contributed by atoms with E-state index in [-0.39, 0.29) is 11.6 Å². The van der Waals surface area contributed by atoms with E-state index in [4.69, 9.17) is 5.11 Å². The number of hydrogen-bond acceptors (Lipinski definition) is 4. The van der Waals surface area contributed by atoms with E-state index in [1.807, 2.05) is 24.3 Å². The van der Waals surface area contributed by atoms with Crippen LogP contribution in [0.3, 0.4) is 0 Å². The van der Waals surface area contributed by atoms with Gasteiger partial charge in [-0.15, -0.1) is 0 Å². The molecule has 0 spiro atoms. The van der Waals surface area contributed by atoms with Crippen LogP contribution in [0.4, 0.5) is 5.69 Å². The van der Waals surface area contributed by atoms with Crippen LogP contribution in [0, 0.1) is 0 Å². The van der Waals surface area contributed by atoms with Gasteiger partial charge in [0.1, 0.15) is 0 Å². The summed E-state index contributed by atoms with van der Waals surface area (Å²) < 4.78 is 1.43. The van der Waals surface area contributed by atoms with E-state index in [9.17, 15) is 9.59 Å². The lowest BCUT2D eigenvalue weighted by molar-refractivity contribution is 0.0689. The minimum Gasteiger partial charge on any atom is -0.476 e. The van der Waals surface area contributed by atoms with Crippen LogP contribution in [0.1, 0.15) is 21.0 Å². The van der Waals surface area contributed by atoms with Gasteiger partial charge < -0.3 is 10.4 Å². The summed E-state index contributed by atoms with van der Waals surface area (Å²) in [7, 11) is 0. The number of aromatic amines is 1. The second kappa shape index (κ2) is 6.17. The molecule has 0 unspecified atom stereocenters. The lowest BCUT2D eigenvalue weighted by Gasteiger charge is -2.07. The lowest BCUT2D eigenvalue weighted by Crippen LogP contribution is -2.13. The Balaban J connectivity index is 1.60. The highest BCUT2D eigenvalue weighted by molar-refractivity contribution is 6.11. The van der Waals surface area contributed by atoms with Crippen LogP contribution < -0.4 is 5.32 Å². The van der Waals surface area contributed by atoms with E-state index in [1.165, 1.54) is 10.7 Å². The molecule has 4 aromatic rings. The number of aromatic nitrogens is 4. The molecule has 1 amide bonds. The maximum absolute atomic E-state index is 12.5. The minimum atomic E-state index is -1.10. The zero-order valence-corrected chi connectivity index (χ0v) is 13.4. The predicted molar refractivity (Wildman–Crippen MR) is 94.6 cm³/mol. The number of aromatic carboxylic acids is 1. The van der Waals surface area contributed by atoms with E-state index in [2.05, 4.69) is 20.6 Å². The van der Waals surface area contributed by atoms with Crippen LogP contribution in [-0.2, 0) is 0 Å². The molecule has 3 N–H and O–H groups in total. The number of para-hydroxylation sites is 1. The molecule has 0 saturated heterocycles. The predicted octanol–water partition coefficient (Wildman–Crippen LogP) is 2.70. The first-order chi connectivity index (χ1) is 12.6. The maximum Gasteiger partial charge on any atom is 0.356 e. The van der Waals surface area contributed by atoms with Gasteiger partial charge in [0.2, 0.25) is 0 Å². The van der Waals surface area contributed by atoms with Crippen LogP contribution in [0.15, 0.2) is 60.8 Å². The molecule has 2 aromatic heterocycles. The zero-order chi connectivity index (χ0) is 18.1. The summed E-state index contributed by atoms with van der Waals surface area (Å²) >= 11 is 0. The Kier molecular flexibility index (Phi) is 3.70. The average molecular weight is 347 g/mol. The Hall–Kier alpha value is -3.94. The van der Waals surface area contributed by atoms with Crippen molar-refractivity contribution in [3.63, 3.8) is 0 Å². The van der Waals surface area contributed by atoms with Crippen molar-refractivity contribution >= 4 is 28.5 Å². The third-order valence-corrected chi connectivity index (χ3v) is 3.86. The van der Waals surface area contributed by atoms with Crippen molar-refractivity contribution < 1.29 is 14.7 Å². The Bertz CT molecular complexity index is 1130. The van der Waals surface area contributed by atoms with Crippen LogP contribution in [-0.4, -0.2) is 37.0 Å². The van der Waals surface area contributed by atoms with Crippen LogP contribution in [0.2, 0.25) is 0 Å². The molecule has 0 saturated carbocycles. The summed E-state index contributed by atoms with van der Waals surface area (Å²) in [6.07, 6.45) is 1.55. The smallest absolute Gasteiger partial charge is 0.356 e. The Morgan fingerprint density at radius 2 is 1.92 bits per heavy atom. The molecular formula is C18H13N5O3. The molecule has 128 valence electrons. The third kappa shape index (κ3) is 2.80. The molecule has 8 heteroatoms. The number of anilines is 1. The number of carboxylic acid groups (broad SMARTS) is 1. The van der Waals surface area contributed by atoms with E-state index >= 15 is 0 Å². The fraction of sp³-hybridized carbons (Fsp3) is 0. The van der Waals surface area contributed by atoms with Crippen molar-refractivity contribution in [1.29, 1.82) is 0 Å². The van der Waals surface area contributed by atoms with Crippen LogP contribution in [0.25, 0.3) is 16.6 Å². The van der Waals surface area contributed by atoms with Gasteiger partial charge in [-0.2, -0.15) is 10.2 Å². The first-order valence-corrected chi connectivity index (χ1v) is 7.76. The van der Waals surface area contributed by atoms with E-state index in [0.29, 0.717) is 17.1 Å². The van der Waals surface area contributed by atoms with Crippen molar-refractivity contribution in [2.45, 2.75) is 0 Å². The van der Waals surface area contributed by atoms with Gasteiger partial charge >= 0.3 is 5.97 Å². The van der Waals surface area contributed by atoms with Crippen LogP contribution in [0.5, 0.6) is 0 Å². The monoisotopic (exact) mass is 347 g/mol. The van der Waals surface area contributed by atoms with Gasteiger partial charge in [0.15, 0.2) is 11.4 Å². The van der Waals surface area contributed by atoms with Gasteiger partial charge in [-0.05, 0) is 30.3 Å². The van der Waals surface area contributed by atoms with Crippen molar-refractivity contribution in [1.82, 2.24) is 20.0 Å². The van der Waals surface area contributed by atoms with Gasteiger partial charge in [0.05, 0.1) is 11.2 Å². The van der Waals surface area contributed by atoms with Crippen molar-refractivity contribution in [3.8, 4) is 5.69 Å². The fourth-order valence-electron chi connectivity index (χ4n) is 2.63. The number of amides is 1. The summed E-state index contributed by atoms with van der Waals surface area (Å²) in [6, 6.07) is 15.7. The van der Waals surface area contributed by atoms with E-state index < -0.39 is 5.97 Å². The molecule has 0 fully saturated rings. The Labute approximate surface area is 147 Å². The van der Waals surface area contributed by atoms with E-state index in [1.54, 1.807) is 30.5 Å². The summed E-state index contributed by atoms with van der Waals surface area (Å²) in [5.41, 5.74) is 2.21. The quantitative estimate of drug-likeness (QED) is 0.525. The fourth-order valence-corrected chi connectivity index (χ4v) is 2.63. The number of hydrogen-bond donors (Lipinski definition) is 3. The molecule has 0 aliphatic rings. The Morgan fingerprint density at radius 3 is 2.73 bits per heavy atom. The number of carbonyl (C=O) groups excluding carboxylic acids is 1. The highest BCUT2D eigenvalue weighted by Crippen LogP contribution is 2.19. The largest absolute Gasteiger partial charge is 0.476 e. The number of H-pyrrole nitrogens is 1. The normalized spacial score (nSPS) is 10.8. The van der Waals surface area contributed by atoms with Gasteiger partial charge in [-0.3, -0.25) is 9.89 Å². The zero-order valence-electron chi connectivity index (χ0n) is 13.4. The molecule has 26 heavy (non-hydrogen) atoms. The SMILES string of the molecule is O=C(O)c1ccn(-c2cccc(NC(=O)c3n[nH]c4ccccc34)c2)n1. The number of nitrogens with zero attached hydrogens (tertiary/aromatic N) is 3. The number of carboxylic acids is 1. The molecule has 0 aliphatic heterocycles. The molecule has 2 aromatic carbocycles. The maximum atomic E-state index is 12.5. The van der Waals surface area contributed by atoms with Crippen molar-refractivity contribution in [2.24, 2.45) is 0 Å². The third-order valence-electron chi connectivity index (χ3n) is 3.86. The van der Waals surface area contributed by atoms with Crippen molar-refractivity contribution in [2.75, 3.05) is 5.32 Å². The lowest BCUT2D eigenvalue weighted by atomic mass is 10.2. The van der Waals surface area contributed by atoms with Crippen LogP contribution >= 0.6 is 0 Å². The molecule has 0 radical (unpaired) electrons. The van der Waals surface area contributed by atoms with Gasteiger partial charge in [0, 0.05) is 17.3 Å². The highest BCUT2D eigenvalue weighted by Gasteiger charge is 2.14.